The first kappa shape index (κ1) is 13.5. The zero-order valence-electron chi connectivity index (χ0n) is 11.5. The number of anilines is 2. The summed E-state index contributed by atoms with van der Waals surface area (Å²) >= 11 is 0. The standard InChI is InChI=1S/C17H22N2/c1-2-3-4-14-12-17(19)10-7-15(14)11-13-5-8-16(18)9-6-13/h5-10,12H,2-4,11,18-19H2,1H3. The van der Waals surface area contributed by atoms with E-state index in [0.29, 0.717) is 0 Å². The summed E-state index contributed by atoms with van der Waals surface area (Å²) in [6.07, 6.45) is 4.46. The van der Waals surface area contributed by atoms with Crippen molar-refractivity contribution < 1.29 is 0 Å². The van der Waals surface area contributed by atoms with Gasteiger partial charge in [0.05, 0.1) is 0 Å². The van der Waals surface area contributed by atoms with Gasteiger partial charge in [-0.2, -0.15) is 0 Å². The second kappa shape index (κ2) is 6.28. The van der Waals surface area contributed by atoms with E-state index in [0.717, 1.165) is 24.2 Å². The maximum absolute atomic E-state index is 5.90. The lowest BCUT2D eigenvalue weighted by atomic mass is 9.96. The first-order chi connectivity index (χ1) is 9.19. The average molecular weight is 254 g/mol. The fourth-order valence-electron chi connectivity index (χ4n) is 2.27. The van der Waals surface area contributed by atoms with Crippen molar-refractivity contribution in [3.63, 3.8) is 0 Å². The van der Waals surface area contributed by atoms with Gasteiger partial charge in [-0.1, -0.05) is 31.5 Å². The summed E-state index contributed by atoms with van der Waals surface area (Å²) in [6.45, 7) is 2.21. The lowest BCUT2D eigenvalue weighted by molar-refractivity contribution is 0.789. The third-order valence-electron chi connectivity index (χ3n) is 3.40. The molecule has 0 spiro atoms. The van der Waals surface area contributed by atoms with E-state index in [1.165, 1.54) is 29.5 Å². The summed E-state index contributed by atoms with van der Waals surface area (Å²) in [5.41, 5.74) is 17.3. The summed E-state index contributed by atoms with van der Waals surface area (Å²) in [7, 11) is 0. The number of unbranched alkanes of at least 4 members (excludes halogenated alkanes) is 1. The van der Waals surface area contributed by atoms with Crippen LogP contribution in [0.3, 0.4) is 0 Å². The fraction of sp³-hybridized carbons (Fsp3) is 0.294. The van der Waals surface area contributed by atoms with Crippen molar-refractivity contribution in [2.24, 2.45) is 0 Å². The quantitative estimate of drug-likeness (QED) is 0.798. The zero-order valence-corrected chi connectivity index (χ0v) is 11.5. The minimum absolute atomic E-state index is 0.812. The Labute approximate surface area is 115 Å². The molecule has 0 aromatic heterocycles. The van der Waals surface area contributed by atoms with Crippen molar-refractivity contribution in [3.05, 3.63) is 59.2 Å². The van der Waals surface area contributed by atoms with E-state index < -0.39 is 0 Å². The van der Waals surface area contributed by atoms with E-state index in [1.54, 1.807) is 0 Å². The van der Waals surface area contributed by atoms with Crippen LogP contribution in [0.25, 0.3) is 0 Å². The van der Waals surface area contributed by atoms with Crippen molar-refractivity contribution in [1.29, 1.82) is 0 Å². The van der Waals surface area contributed by atoms with E-state index >= 15 is 0 Å². The third kappa shape index (κ3) is 3.75. The van der Waals surface area contributed by atoms with Crippen LogP contribution < -0.4 is 11.5 Å². The number of nitrogen functional groups attached to an aromatic ring is 2. The van der Waals surface area contributed by atoms with Crippen LogP contribution in [-0.2, 0) is 12.8 Å². The van der Waals surface area contributed by atoms with Gasteiger partial charge in [0, 0.05) is 11.4 Å². The van der Waals surface area contributed by atoms with Crippen molar-refractivity contribution in [1.82, 2.24) is 0 Å². The molecule has 0 heterocycles. The summed E-state index contributed by atoms with van der Waals surface area (Å²) in [5, 5.41) is 0. The maximum atomic E-state index is 5.90. The summed E-state index contributed by atoms with van der Waals surface area (Å²) in [5.74, 6) is 0. The molecule has 19 heavy (non-hydrogen) atoms. The molecule has 0 bridgehead atoms. The van der Waals surface area contributed by atoms with Crippen LogP contribution >= 0.6 is 0 Å². The normalized spacial score (nSPS) is 10.6. The van der Waals surface area contributed by atoms with Gasteiger partial charge in [0.1, 0.15) is 0 Å². The Kier molecular flexibility index (Phi) is 4.45. The number of hydrogen-bond donors (Lipinski definition) is 2. The minimum Gasteiger partial charge on any atom is -0.399 e. The minimum atomic E-state index is 0.812. The van der Waals surface area contributed by atoms with E-state index in [2.05, 4.69) is 31.2 Å². The maximum Gasteiger partial charge on any atom is 0.0316 e. The van der Waals surface area contributed by atoms with Gasteiger partial charge in [0.25, 0.3) is 0 Å². The van der Waals surface area contributed by atoms with Crippen molar-refractivity contribution in [2.75, 3.05) is 11.5 Å². The molecule has 4 N–H and O–H groups in total. The monoisotopic (exact) mass is 254 g/mol. The Balaban J connectivity index is 2.20. The van der Waals surface area contributed by atoms with Crippen LogP contribution in [0.2, 0.25) is 0 Å². The van der Waals surface area contributed by atoms with Crippen LogP contribution in [0, 0.1) is 0 Å². The van der Waals surface area contributed by atoms with Gasteiger partial charge >= 0.3 is 0 Å². The highest BCUT2D eigenvalue weighted by molar-refractivity contribution is 5.47. The van der Waals surface area contributed by atoms with Crippen LogP contribution in [0.4, 0.5) is 11.4 Å². The molecule has 100 valence electrons. The molecule has 2 nitrogen and oxygen atoms in total. The molecule has 0 aliphatic carbocycles. The fourth-order valence-corrected chi connectivity index (χ4v) is 2.27. The van der Waals surface area contributed by atoms with Crippen LogP contribution in [0.5, 0.6) is 0 Å². The predicted molar refractivity (Wildman–Crippen MR) is 83.1 cm³/mol. The molecule has 2 rings (SSSR count). The molecule has 0 radical (unpaired) electrons. The molecule has 0 aliphatic rings. The molecule has 0 amide bonds. The molecule has 0 saturated heterocycles. The number of nitrogens with two attached hydrogens (primary N) is 2. The van der Waals surface area contributed by atoms with Gasteiger partial charge in [-0.05, 0) is 60.2 Å². The van der Waals surface area contributed by atoms with Crippen LogP contribution in [0.15, 0.2) is 42.5 Å². The first-order valence-electron chi connectivity index (χ1n) is 6.90. The second-order valence-corrected chi connectivity index (χ2v) is 5.05. The molecule has 2 aromatic carbocycles. The molecule has 2 heteroatoms. The lowest BCUT2D eigenvalue weighted by Gasteiger charge is -2.11. The Morgan fingerprint density at radius 1 is 0.842 bits per heavy atom. The summed E-state index contributed by atoms with van der Waals surface area (Å²) in [6, 6.07) is 14.3. The van der Waals surface area contributed by atoms with Crippen molar-refractivity contribution in [2.45, 2.75) is 32.6 Å². The third-order valence-corrected chi connectivity index (χ3v) is 3.40. The Hall–Kier alpha value is -1.96. The highest BCUT2D eigenvalue weighted by Crippen LogP contribution is 2.20. The SMILES string of the molecule is CCCCc1cc(N)ccc1Cc1ccc(N)cc1. The topological polar surface area (TPSA) is 52.0 Å². The van der Waals surface area contributed by atoms with Gasteiger partial charge < -0.3 is 11.5 Å². The molecule has 0 fully saturated rings. The molecule has 0 aliphatic heterocycles. The summed E-state index contributed by atoms with van der Waals surface area (Å²) in [4.78, 5) is 0. The zero-order chi connectivity index (χ0) is 13.7. The molecular formula is C17H22N2. The number of aryl methyl sites for hydroxylation is 1. The number of hydrogen-bond acceptors (Lipinski definition) is 2. The predicted octanol–water partition coefficient (Wildman–Crippen LogP) is 3.78. The number of benzene rings is 2. The van der Waals surface area contributed by atoms with E-state index in [-0.39, 0.29) is 0 Å². The highest BCUT2D eigenvalue weighted by Gasteiger charge is 2.04. The van der Waals surface area contributed by atoms with Crippen LogP contribution in [-0.4, -0.2) is 0 Å². The molecule has 0 unspecified atom stereocenters. The second-order valence-electron chi connectivity index (χ2n) is 5.05. The van der Waals surface area contributed by atoms with Crippen molar-refractivity contribution in [3.8, 4) is 0 Å². The molecule has 2 aromatic rings. The summed E-state index contributed by atoms with van der Waals surface area (Å²) < 4.78 is 0. The van der Waals surface area contributed by atoms with E-state index in [9.17, 15) is 0 Å². The highest BCUT2D eigenvalue weighted by atomic mass is 14.5. The van der Waals surface area contributed by atoms with Crippen molar-refractivity contribution >= 4 is 11.4 Å². The Bertz CT molecular complexity index is 529. The Morgan fingerprint density at radius 3 is 2.21 bits per heavy atom. The first-order valence-corrected chi connectivity index (χ1v) is 6.90. The van der Waals surface area contributed by atoms with Gasteiger partial charge in [-0.25, -0.2) is 0 Å². The average Bonchev–Trinajstić information content (AvgIpc) is 2.41. The largest absolute Gasteiger partial charge is 0.399 e. The van der Waals surface area contributed by atoms with Gasteiger partial charge in [0.2, 0.25) is 0 Å². The number of rotatable bonds is 5. The van der Waals surface area contributed by atoms with Gasteiger partial charge in [0.15, 0.2) is 0 Å². The van der Waals surface area contributed by atoms with Gasteiger partial charge in [-0.3, -0.25) is 0 Å². The van der Waals surface area contributed by atoms with E-state index in [1.807, 2.05) is 18.2 Å². The molecular weight excluding hydrogens is 232 g/mol. The van der Waals surface area contributed by atoms with Gasteiger partial charge in [-0.15, -0.1) is 0 Å². The molecule has 0 saturated carbocycles. The van der Waals surface area contributed by atoms with E-state index in [4.69, 9.17) is 11.5 Å². The van der Waals surface area contributed by atoms with Crippen LogP contribution in [0.1, 0.15) is 36.5 Å². The smallest absolute Gasteiger partial charge is 0.0316 e. The molecule has 0 atom stereocenters. The Morgan fingerprint density at radius 2 is 1.53 bits per heavy atom. The lowest BCUT2D eigenvalue weighted by Crippen LogP contribution is -1.98.